The molecule has 0 radical (unpaired) electrons. The van der Waals surface area contributed by atoms with Crippen molar-refractivity contribution >= 4 is 17.9 Å². The van der Waals surface area contributed by atoms with E-state index in [0.717, 1.165) is 6.29 Å². The van der Waals surface area contributed by atoms with Crippen LogP contribution < -0.4 is 4.74 Å². The van der Waals surface area contributed by atoms with Crippen LogP contribution in [0.25, 0.3) is 0 Å². The summed E-state index contributed by atoms with van der Waals surface area (Å²) in [4.78, 5) is 10.9. The van der Waals surface area contributed by atoms with Crippen molar-refractivity contribution < 1.29 is 9.53 Å². The first-order valence-electron chi connectivity index (χ1n) is 6.17. The van der Waals surface area contributed by atoms with Crippen LogP contribution in [0, 0.1) is 5.92 Å². The Morgan fingerprint density at radius 2 is 2.06 bits per heavy atom. The Balaban J connectivity index is 2.00. The van der Waals surface area contributed by atoms with Gasteiger partial charge in [0.05, 0.1) is 17.2 Å². The van der Waals surface area contributed by atoms with E-state index in [4.69, 9.17) is 16.3 Å². The zero-order chi connectivity index (χ0) is 12.1. The van der Waals surface area contributed by atoms with E-state index in [-0.39, 0.29) is 0 Å². The molecule has 1 aromatic rings. The Bertz CT molecular complexity index is 384. The number of para-hydroxylation sites is 1. The van der Waals surface area contributed by atoms with Crippen molar-refractivity contribution in [1.82, 2.24) is 0 Å². The fourth-order valence-corrected chi connectivity index (χ4v) is 2.56. The van der Waals surface area contributed by atoms with Gasteiger partial charge in [0.15, 0.2) is 6.29 Å². The van der Waals surface area contributed by atoms with E-state index in [1.807, 2.05) is 0 Å². The first-order chi connectivity index (χ1) is 8.31. The molecule has 2 rings (SSSR count). The van der Waals surface area contributed by atoms with Gasteiger partial charge in [-0.05, 0) is 30.9 Å². The van der Waals surface area contributed by atoms with Gasteiger partial charge in [-0.1, -0.05) is 36.9 Å². The summed E-state index contributed by atoms with van der Waals surface area (Å²) in [6, 6.07) is 5.25. The van der Waals surface area contributed by atoms with Gasteiger partial charge in [-0.2, -0.15) is 0 Å². The number of hydrogen-bond donors (Lipinski definition) is 0. The van der Waals surface area contributed by atoms with Crippen molar-refractivity contribution in [3.8, 4) is 5.75 Å². The molecule has 0 amide bonds. The SMILES string of the molecule is O=Cc1cccc(Cl)c1OCC1CCCCC1. The van der Waals surface area contributed by atoms with Crippen LogP contribution in [0.1, 0.15) is 42.5 Å². The highest BCUT2D eigenvalue weighted by atomic mass is 35.5. The lowest BCUT2D eigenvalue weighted by Gasteiger charge is -2.22. The Morgan fingerprint density at radius 3 is 2.76 bits per heavy atom. The minimum atomic E-state index is 0.519. The van der Waals surface area contributed by atoms with Crippen LogP contribution in [0.3, 0.4) is 0 Å². The standard InChI is InChI=1S/C14H17ClO2/c15-13-8-4-7-12(9-16)14(13)17-10-11-5-2-1-3-6-11/h4,7-9,11H,1-3,5-6,10H2. The number of ether oxygens (including phenoxy) is 1. The Morgan fingerprint density at radius 1 is 1.29 bits per heavy atom. The van der Waals surface area contributed by atoms with Crippen molar-refractivity contribution in [3.05, 3.63) is 28.8 Å². The van der Waals surface area contributed by atoms with Crippen LogP contribution in [0.15, 0.2) is 18.2 Å². The number of rotatable bonds is 4. The summed E-state index contributed by atoms with van der Waals surface area (Å²) in [6.45, 7) is 0.671. The van der Waals surface area contributed by atoms with Gasteiger partial charge in [0, 0.05) is 0 Å². The molecular weight excluding hydrogens is 236 g/mol. The largest absolute Gasteiger partial charge is 0.491 e. The van der Waals surface area contributed by atoms with Crippen LogP contribution in [0.5, 0.6) is 5.75 Å². The monoisotopic (exact) mass is 252 g/mol. The highest BCUT2D eigenvalue weighted by molar-refractivity contribution is 6.32. The van der Waals surface area contributed by atoms with Crippen LogP contribution >= 0.6 is 11.6 Å². The van der Waals surface area contributed by atoms with Gasteiger partial charge in [-0.3, -0.25) is 4.79 Å². The predicted molar refractivity (Wildman–Crippen MR) is 68.9 cm³/mol. The molecule has 0 bridgehead atoms. The zero-order valence-electron chi connectivity index (χ0n) is 9.82. The molecule has 92 valence electrons. The summed E-state index contributed by atoms with van der Waals surface area (Å²) in [6.07, 6.45) is 7.15. The highest BCUT2D eigenvalue weighted by Crippen LogP contribution is 2.30. The second-order valence-corrected chi connectivity index (χ2v) is 5.00. The van der Waals surface area contributed by atoms with E-state index in [1.54, 1.807) is 18.2 Å². The third-order valence-corrected chi connectivity index (χ3v) is 3.61. The van der Waals surface area contributed by atoms with Crippen molar-refractivity contribution in [1.29, 1.82) is 0 Å². The molecule has 0 unspecified atom stereocenters. The van der Waals surface area contributed by atoms with Gasteiger partial charge >= 0.3 is 0 Å². The van der Waals surface area contributed by atoms with Crippen molar-refractivity contribution in [3.63, 3.8) is 0 Å². The molecule has 1 fully saturated rings. The third-order valence-electron chi connectivity index (χ3n) is 3.31. The van der Waals surface area contributed by atoms with E-state index in [2.05, 4.69) is 0 Å². The predicted octanol–water partition coefficient (Wildman–Crippen LogP) is 4.11. The molecule has 3 heteroatoms. The van der Waals surface area contributed by atoms with Gasteiger partial charge in [-0.15, -0.1) is 0 Å². The first-order valence-corrected chi connectivity index (χ1v) is 6.55. The normalized spacial score (nSPS) is 16.8. The molecule has 0 aromatic heterocycles. The number of hydrogen-bond acceptors (Lipinski definition) is 2. The molecule has 1 saturated carbocycles. The second-order valence-electron chi connectivity index (χ2n) is 4.59. The number of aldehydes is 1. The topological polar surface area (TPSA) is 26.3 Å². The minimum Gasteiger partial charge on any atom is -0.491 e. The number of carbonyl (C=O) groups is 1. The van der Waals surface area contributed by atoms with Crippen molar-refractivity contribution in [2.24, 2.45) is 5.92 Å². The quantitative estimate of drug-likeness (QED) is 0.754. The smallest absolute Gasteiger partial charge is 0.153 e. The molecular formula is C14H17ClO2. The first kappa shape index (κ1) is 12.4. The summed E-state index contributed by atoms with van der Waals surface area (Å²) < 4.78 is 5.74. The van der Waals surface area contributed by atoms with Crippen molar-refractivity contribution in [2.75, 3.05) is 6.61 Å². The Kier molecular flexibility index (Phi) is 4.43. The lowest BCUT2D eigenvalue weighted by molar-refractivity contribution is 0.111. The van der Waals surface area contributed by atoms with Gasteiger partial charge < -0.3 is 4.74 Å². The number of benzene rings is 1. The molecule has 2 nitrogen and oxygen atoms in total. The van der Waals surface area contributed by atoms with Gasteiger partial charge in [0.1, 0.15) is 5.75 Å². The van der Waals surface area contributed by atoms with Crippen LogP contribution in [0.4, 0.5) is 0 Å². The maximum absolute atomic E-state index is 10.9. The van der Waals surface area contributed by atoms with Gasteiger partial charge in [-0.25, -0.2) is 0 Å². The number of carbonyl (C=O) groups excluding carboxylic acids is 1. The average Bonchev–Trinajstić information content (AvgIpc) is 2.38. The van der Waals surface area contributed by atoms with Gasteiger partial charge in [0.2, 0.25) is 0 Å². The fourth-order valence-electron chi connectivity index (χ4n) is 2.33. The summed E-state index contributed by atoms with van der Waals surface area (Å²) in [5.74, 6) is 1.15. The van der Waals surface area contributed by atoms with E-state index in [0.29, 0.717) is 28.9 Å². The summed E-state index contributed by atoms with van der Waals surface area (Å²) in [5, 5.41) is 0.519. The summed E-state index contributed by atoms with van der Waals surface area (Å²) in [5.41, 5.74) is 0.535. The minimum absolute atomic E-state index is 0.519. The molecule has 0 atom stereocenters. The number of halogens is 1. The highest BCUT2D eigenvalue weighted by Gasteiger charge is 2.15. The van der Waals surface area contributed by atoms with Crippen LogP contribution in [-0.4, -0.2) is 12.9 Å². The maximum atomic E-state index is 10.9. The molecule has 0 N–H and O–H groups in total. The van der Waals surface area contributed by atoms with Crippen LogP contribution in [0.2, 0.25) is 5.02 Å². The molecule has 1 aromatic carbocycles. The zero-order valence-corrected chi connectivity index (χ0v) is 10.6. The molecule has 0 spiro atoms. The molecule has 17 heavy (non-hydrogen) atoms. The maximum Gasteiger partial charge on any atom is 0.153 e. The van der Waals surface area contributed by atoms with E-state index in [1.165, 1.54) is 32.1 Å². The fraction of sp³-hybridized carbons (Fsp3) is 0.500. The second kappa shape index (κ2) is 6.06. The average molecular weight is 253 g/mol. The summed E-state index contributed by atoms with van der Waals surface area (Å²) >= 11 is 6.04. The molecule has 1 aliphatic carbocycles. The molecule has 0 aliphatic heterocycles. The lowest BCUT2D eigenvalue weighted by atomic mass is 9.90. The van der Waals surface area contributed by atoms with Gasteiger partial charge in [0.25, 0.3) is 0 Å². The molecule has 0 saturated heterocycles. The lowest BCUT2D eigenvalue weighted by Crippen LogP contribution is -2.15. The Labute approximate surface area is 107 Å². The Hall–Kier alpha value is -1.02. The van der Waals surface area contributed by atoms with Crippen molar-refractivity contribution in [2.45, 2.75) is 32.1 Å². The third kappa shape index (κ3) is 3.22. The van der Waals surface area contributed by atoms with E-state index >= 15 is 0 Å². The van der Waals surface area contributed by atoms with E-state index < -0.39 is 0 Å². The van der Waals surface area contributed by atoms with E-state index in [9.17, 15) is 4.79 Å². The summed E-state index contributed by atoms with van der Waals surface area (Å²) in [7, 11) is 0. The van der Waals surface area contributed by atoms with Crippen LogP contribution in [-0.2, 0) is 0 Å². The molecule has 1 aliphatic rings. The molecule has 0 heterocycles.